The number of rotatable bonds is 5. The van der Waals surface area contributed by atoms with E-state index in [1.807, 2.05) is 0 Å². The molecular weight excluding hydrogens is 190 g/mol. The topological polar surface area (TPSA) is 12.0 Å². The van der Waals surface area contributed by atoms with Crippen LogP contribution in [0.1, 0.15) is 44.9 Å². The summed E-state index contributed by atoms with van der Waals surface area (Å²) in [6, 6.07) is 0. The van der Waals surface area contributed by atoms with Crippen LogP contribution in [-0.2, 0) is 0 Å². The van der Waals surface area contributed by atoms with Gasteiger partial charge in [-0.25, -0.2) is 0 Å². The van der Waals surface area contributed by atoms with E-state index in [9.17, 15) is 0 Å². The lowest BCUT2D eigenvalue weighted by atomic mass is 9.85. The quantitative estimate of drug-likeness (QED) is 0.753. The minimum absolute atomic E-state index is 0.601. The summed E-state index contributed by atoms with van der Waals surface area (Å²) in [6.45, 7) is 2.53. The molecule has 0 atom stereocenters. The molecule has 2 fully saturated rings. The average Bonchev–Trinajstić information content (AvgIpc) is 2.59. The Morgan fingerprint density at radius 1 is 1.21 bits per heavy atom. The van der Waals surface area contributed by atoms with Crippen molar-refractivity contribution >= 4 is 11.8 Å². The normalized spacial score (nSPS) is 26.4. The molecule has 0 saturated heterocycles. The zero-order valence-electron chi connectivity index (χ0n) is 9.35. The van der Waals surface area contributed by atoms with E-state index in [0.717, 1.165) is 5.92 Å². The van der Waals surface area contributed by atoms with Crippen LogP contribution in [-0.4, -0.2) is 24.1 Å². The molecule has 0 bridgehead atoms. The average molecular weight is 213 g/mol. The third-order valence-corrected chi connectivity index (χ3v) is 5.47. The van der Waals surface area contributed by atoms with E-state index >= 15 is 0 Å². The van der Waals surface area contributed by atoms with Crippen molar-refractivity contribution in [2.45, 2.75) is 49.7 Å². The standard InChI is InChI=1S/C12H23NS/c1-14-12(7-2-3-8-12)10-13-9-11-5-4-6-11/h11,13H,2-10H2,1H3. The summed E-state index contributed by atoms with van der Waals surface area (Å²) in [5, 5.41) is 3.70. The molecule has 1 N–H and O–H groups in total. The summed E-state index contributed by atoms with van der Waals surface area (Å²) in [5.41, 5.74) is 0. The van der Waals surface area contributed by atoms with Gasteiger partial charge in [0.15, 0.2) is 0 Å². The van der Waals surface area contributed by atoms with Crippen LogP contribution in [0.25, 0.3) is 0 Å². The summed E-state index contributed by atoms with van der Waals surface area (Å²) in [4.78, 5) is 0. The second-order valence-electron chi connectivity index (χ2n) is 5.02. The molecule has 2 aliphatic carbocycles. The monoisotopic (exact) mass is 213 g/mol. The number of hydrogen-bond acceptors (Lipinski definition) is 2. The van der Waals surface area contributed by atoms with Crippen molar-refractivity contribution in [3.8, 4) is 0 Å². The van der Waals surface area contributed by atoms with E-state index in [-0.39, 0.29) is 0 Å². The molecule has 0 heterocycles. The molecule has 0 aliphatic heterocycles. The van der Waals surface area contributed by atoms with Crippen molar-refractivity contribution in [1.82, 2.24) is 5.32 Å². The molecule has 1 nitrogen and oxygen atoms in total. The van der Waals surface area contributed by atoms with Gasteiger partial charge in [-0.15, -0.1) is 0 Å². The first-order chi connectivity index (χ1) is 6.85. The van der Waals surface area contributed by atoms with Gasteiger partial charge in [0.25, 0.3) is 0 Å². The highest BCUT2D eigenvalue weighted by atomic mass is 32.2. The maximum Gasteiger partial charge on any atom is 0.0281 e. The molecule has 0 unspecified atom stereocenters. The Morgan fingerprint density at radius 3 is 2.43 bits per heavy atom. The number of hydrogen-bond donors (Lipinski definition) is 1. The van der Waals surface area contributed by atoms with Crippen LogP contribution in [0.5, 0.6) is 0 Å². The van der Waals surface area contributed by atoms with Gasteiger partial charge in [0.2, 0.25) is 0 Å². The van der Waals surface area contributed by atoms with Crippen molar-refractivity contribution in [1.29, 1.82) is 0 Å². The fourth-order valence-electron chi connectivity index (χ4n) is 2.67. The highest BCUT2D eigenvalue weighted by molar-refractivity contribution is 8.00. The third-order valence-electron chi connectivity index (χ3n) is 4.05. The molecule has 0 radical (unpaired) electrons. The summed E-state index contributed by atoms with van der Waals surface area (Å²) >= 11 is 2.09. The molecule has 2 aliphatic rings. The van der Waals surface area contributed by atoms with Gasteiger partial charge in [-0.3, -0.25) is 0 Å². The first-order valence-corrected chi connectivity index (χ1v) is 7.33. The second-order valence-corrected chi connectivity index (χ2v) is 6.30. The highest BCUT2D eigenvalue weighted by Crippen LogP contribution is 2.39. The van der Waals surface area contributed by atoms with Crippen molar-refractivity contribution in [3.63, 3.8) is 0 Å². The van der Waals surface area contributed by atoms with E-state index in [0.29, 0.717) is 4.75 Å². The fraction of sp³-hybridized carbons (Fsp3) is 1.00. The van der Waals surface area contributed by atoms with Crippen molar-refractivity contribution < 1.29 is 0 Å². The molecule has 2 saturated carbocycles. The lowest BCUT2D eigenvalue weighted by Crippen LogP contribution is -2.38. The van der Waals surface area contributed by atoms with E-state index in [2.05, 4.69) is 23.3 Å². The van der Waals surface area contributed by atoms with Crippen molar-refractivity contribution in [2.24, 2.45) is 5.92 Å². The van der Waals surface area contributed by atoms with Crippen LogP contribution in [0, 0.1) is 5.92 Å². The molecule has 82 valence electrons. The van der Waals surface area contributed by atoms with Crippen LogP contribution in [0.15, 0.2) is 0 Å². The maximum atomic E-state index is 3.70. The van der Waals surface area contributed by atoms with Crippen LogP contribution in [0.4, 0.5) is 0 Å². The third kappa shape index (κ3) is 2.46. The Morgan fingerprint density at radius 2 is 1.93 bits per heavy atom. The van der Waals surface area contributed by atoms with Crippen LogP contribution < -0.4 is 5.32 Å². The molecule has 14 heavy (non-hydrogen) atoms. The van der Waals surface area contributed by atoms with Gasteiger partial charge in [-0.2, -0.15) is 11.8 Å². The van der Waals surface area contributed by atoms with Gasteiger partial charge < -0.3 is 5.32 Å². The Kier molecular flexibility index (Phi) is 3.78. The van der Waals surface area contributed by atoms with Gasteiger partial charge in [0, 0.05) is 11.3 Å². The van der Waals surface area contributed by atoms with Gasteiger partial charge in [-0.05, 0) is 44.4 Å². The predicted octanol–water partition coefficient (Wildman–Crippen LogP) is 3.05. The minimum atomic E-state index is 0.601. The molecular formula is C12H23NS. The zero-order chi connectivity index (χ0) is 9.86. The van der Waals surface area contributed by atoms with Gasteiger partial charge in [0.05, 0.1) is 0 Å². The number of thioether (sulfide) groups is 1. The Bertz CT molecular complexity index is 171. The largest absolute Gasteiger partial charge is 0.315 e. The van der Waals surface area contributed by atoms with E-state index in [1.165, 1.54) is 58.0 Å². The summed E-state index contributed by atoms with van der Waals surface area (Å²) in [6.07, 6.45) is 12.5. The minimum Gasteiger partial charge on any atom is -0.315 e. The van der Waals surface area contributed by atoms with Crippen LogP contribution >= 0.6 is 11.8 Å². The molecule has 0 aromatic carbocycles. The zero-order valence-corrected chi connectivity index (χ0v) is 10.2. The number of nitrogens with one attached hydrogen (secondary N) is 1. The molecule has 0 amide bonds. The second kappa shape index (κ2) is 4.89. The summed E-state index contributed by atoms with van der Waals surface area (Å²) < 4.78 is 0.601. The molecule has 0 aromatic heterocycles. The Hall–Kier alpha value is 0.310. The Labute approximate surface area is 92.4 Å². The molecule has 2 heteroatoms. The summed E-state index contributed by atoms with van der Waals surface area (Å²) in [5.74, 6) is 1.01. The maximum absolute atomic E-state index is 3.70. The van der Waals surface area contributed by atoms with E-state index in [4.69, 9.17) is 0 Å². The molecule has 0 spiro atoms. The van der Waals surface area contributed by atoms with Crippen LogP contribution in [0.2, 0.25) is 0 Å². The van der Waals surface area contributed by atoms with E-state index < -0.39 is 0 Å². The van der Waals surface area contributed by atoms with Gasteiger partial charge in [0.1, 0.15) is 0 Å². The SMILES string of the molecule is CSC1(CNCC2CCC2)CCCC1. The lowest BCUT2D eigenvalue weighted by molar-refractivity contribution is 0.297. The Balaban J connectivity index is 1.66. The van der Waals surface area contributed by atoms with Crippen LogP contribution in [0.3, 0.4) is 0 Å². The highest BCUT2D eigenvalue weighted by Gasteiger charge is 2.32. The lowest BCUT2D eigenvalue weighted by Gasteiger charge is -2.30. The fourth-order valence-corrected chi connectivity index (χ4v) is 3.62. The molecule has 2 rings (SSSR count). The van der Waals surface area contributed by atoms with E-state index in [1.54, 1.807) is 0 Å². The van der Waals surface area contributed by atoms with Crippen molar-refractivity contribution in [3.05, 3.63) is 0 Å². The van der Waals surface area contributed by atoms with Gasteiger partial charge >= 0.3 is 0 Å². The van der Waals surface area contributed by atoms with Crippen molar-refractivity contribution in [2.75, 3.05) is 19.3 Å². The van der Waals surface area contributed by atoms with Gasteiger partial charge in [-0.1, -0.05) is 19.3 Å². The first-order valence-electron chi connectivity index (χ1n) is 6.10. The molecule has 0 aromatic rings. The smallest absolute Gasteiger partial charge is 0.0281 e. The predicted molar refractivity (Wildman–Crippen MR) is 64.9 cm³/mol. The first kappa shape index (κ1) is 10.8. The summed E-state index contributed by atoms with van der Waals surface area (Å²) in [7, 11) is 0.